The van der Waals surface area contributed by atoms with Gasteiger partial charge in [0.05, 0.1) is 0 Å². The summed E-state index contributed by atoms with van der Waals surface area (Å²) in [6.07, 6.45) is 1.51. The maximum Gasteiger partial charge on any atom is 0.179 e. The molecule has 0 atom stereocenters. The molecule has 4 heteroatoms. The number of hydrogen-bond donors (Lipinski definition) is 0. The van der Waals surface area contributed by atoms with E-state index in [2.05, 4.69) is 10.1 Å². The molecule has 0 N–H and O–H groups in total. The fourth-order valence-corrected chi connectivity index (χ4v) is 0.450. The SMILES string of the molecule is Cn1cnc(C[O])n1. The van der Waals surface area contributed by atoms with Crippen LogP contribution in [0.15, 0.2) is 6.33 Å². The highest BCUT2D eigenvalue weighted by atomic mass is 16.3. The minimum atomic E-state index is -0.332. The van der Waals surface area contributed by atoms with Crippen molar-refractivity contribution in [1.82, 2.24) is 14.8 Å². The molecule has 0 spiro atoms. The van der Waals surface area contributed by atoms with Crippen molar-refractivity contribution in [2.24, 2.45) is 7.05 Å². The molecule has 0 saturated carbocycles. The molecule has 0 saturated heterocycles. The van der Waals surface area contributed by atoms with E-state index < -0.39 is 0 Å². The molecule has 1 radical (unpaired) electrons. The van der Waals surface area contributed by atoms with E-state index in [1.165, 1.54) is 11.0 Å². The van der Waals surface area contributed by atoms with Crippen molar-refractivity contribution in [3.05, 3.63) is 12.2 Å². The van der Waals surface area contributed by atoms with Gasteiger partial charge < -0.3 is 0 Å². The highest BCUT2D eigenvalue weighted by Crippen LogP contribution is 1.84. The average molecular weight is 112 g/mol. The van der Waals surface area contributed by atoms with Crippen LogP contribution < -0.4 is 0 Å². The molecule has 1 rings (SSSR count). The monoisotopic (exact) mass is 112 g/mol. The number of aryl methyl sites for hydroxylation is 1. The van der Waals surface area contributed by atoms with Gasteiger partial charge in [0.1, 0.15) is 12.9 Å². The van der Waals surface area contributed by atoms with Gasteiger partial charge in [-0.15, -0.1) is 0 Å². The van der Waals surface area contributed by atoms with Crippen LogP contribution in [0, 0.1) is 0 Å². The maximum atomic E-state index is 10.0. The summed E-state index contributed by atoms with van der Waals surface area (Å²) in [5, 5.41) is 13.7. The third-order valence-corrected chi connectivity index (χ3v) is 0.776. The summed E-state index contributed by atoms with van der Waals surface area (Å²) >= 11 is 0. The van der Waals surface area contributed by atoms with Crippen molar-refractivity contribution >= 4 is 0 Å². The normalized spacial score (nSPS) is 9.75. The van der Waals surface area contributed by atoms with Gasteiger partial charge in [-0.1, -0.05) is 0 Å². The lowest BCUT2D eigenvalue weighted by atomic mass is 10.7. The first kappa shape index (κ1) is 5.24. The van der Waals surface area contributed by atoms with Gasteiger partial charge in [-0.2, -0.15) is 5.10 Å². The maximum absolute atomic E-state index is 10.0. The third kappa shape index (κ3) is 0.840. The molecule has 8 heavy (non-hydrogen) atoms. The molecule has 1 aromatic heterocycles. The zero-order valence-corrected chi connectivity index (χ0v) is 4.53. The quantitative estimate of drug-likeness (QED) is 0.502. The Labute approximate surface area is 46.8 Å². The Hall–Kier alpha value is -0.900. The topological polar surface area (TPSA) is 50.6 Å². The van der Waals surface area contributed by atoms with Gasteiger partial charge in [-0.3, -0.25) is 4.68 Å². The molecule has 0 aromatic carbocycles. The van der Waals surface area contributed by atoms with Crippen LogP contribution in [-0.4, -0.2) is 14.8 Å². The van der Waals surface area contributed by atoms with E-state index >= 15 is 0 Å². The van der Waals surface area contributed by atoms with E-state index in [0.717, 1.165) is 0 Å². The Morgan fingerprint density at radius 3 is 2.88 bits per heavy atom. The predicted octanol–water partition coefficient (Wildman–Crippen LogP) is -0.254. The van der Waals surface area contributed by atoms with Crippen LogP contribution in [0.2, 0.25) is 0 Å². The second kappa shape index (κ2) is 1.92. The fourth-order valence-electron chi connectivity index (χ4n) is 0.450. The highest BCUT2D eigenvalue weighted by Gasteiger charge is 1.92. The van der Waals surface area contributed by atoms with Gasteiger partial charge in [-0.05, 0) is 0 Å². The largest absolute Gasteiger partial charge is 0.256 e. The van der Waals surface area contributed by atoms with Crippen molar-refractivity contribution in [3.63, 3.8) is 0 Å². The molecule has 0 aliphatic heterocycles. The van der Waals surface area contributed by atoms with Crippen LogP contribution in [0.1, 0.15) is 5.82 Å². The van der Waals surface area contributed by atoms with Crippen LogP contribution in [0.4, 0.5) is 0 Å². The standard InChI is InChI=1S/C4H6N3O/c1-7-3-5-4(2-8)6-7/h3H,2H2,1H3. The van der Waals surface area contributed by atoms with Crippen LogP contribution in [0.5, 0.6) is 0 Å². The molecule has 1 heterocycles. The van der Waals surface area contributed by atoms with E-state index in [4.69, 9.17) is 0 Å². The van der Waals surface area contributed by atoms with E-state index in [1.807, 2.05) is 0 Å². The van der Waals surface area contributed by atoms with Gasteiger partial charge in [0.2, 0.25) is 0 Å². The lowest BCUT2D eigenvalue weighted by Crippen LogP contribution is -1.89. The smallest absolute Gasteiger partial charge is 0.179 e. The summed E-state index contributed by atoms with van der Waals surface area (Å²) in [6.45, 7) is -0.332. The molecule has 4 nitrogen and oxygen atoms in total. The number of nitrogens with zero attached hydrogens (tertiary/aromatic N) is 3. The Morgan fingerprint density at radius 1 is 1.88 bits per heavy atom. The predicted molar refractivity (Wildman–Crippen MR) is 25.4 cm³/mol. The van der Waals surface area contributed by atoms with Gasteiger partial charge in [0.15, 0.2) is 5.82 Å². The van der Waals surface area contributed by atoms with E-state index in [1.54, 1.807) is 7.05 Å². The van der Waals surface area contributed by atoms with Crippen molar-refractivity contribution in [2.75, 3.05) is 0 Å². The van der Waals surface area contributed by atoms with E-state index in [9.17, 15) is 5.11 Å². The summed E-state index contributed by atoms with van der Waals surface area (Å²) in [5.41, 5.74) is 0. The Bertz CT molecular complexity index is 172. The van der Waals surface area contributed by atoms with Crippen molar-refractivity contribution in [2.45, 2.75) is 6.61 Å². The lowest BCUT2D eigenvalue weighted by Gasteiger charge is -1.79. The molecular formula is C4H6N3O. The zero-order valence-electron chi connectivity index (χ0n) is 4.53. The van der Waals surface area contributed by atoms with Gasteiger partial charge in [0, 0.05) is 7.05 Å². The highest BCUT2D eigenvalue weighted by molar-refractivity contribution is 4.75. The first-order valence-electron chi connectivity index (χ1n) is 2.25. The minimum Gasteiger partial charge on any atom is -0.256 e. The molecule has 0 fully saturated rings. The average Bonchev–Trinajstić information content (AvgIpc) is 2.14. The Balaban J connectivity index is 2.84. The third-order valence-electron chi connectivity index (χ3n) is 0.776. The summed E-state index contributed by atoms with van der Waals surface area (Å²) in [7, 11) is 1.73. The van der Waals surface area contributed by atoms with Crippen molar-refractivity contribution in [1.29, 1.82) is 0 Å². The number of aromatic nitrogens is 3. The molecule has 0 aliphatic carbocycles. The molecule has 0 unspecified atom stereocenters. The van der Waals surface area contributed by atoms with Crippen LogP contribution >= 0.6 is 0 Å². The molecular weight excluding hydrogens is 106 g/mol. The van der Waals surface area contributed by atoms with E-state index in [0.29, 0.717) is 5.82 Å². The van der Waals surface area contributed by atoms with E-state index in [-0.39, 0.29) is 6.61 Å². The Morgan fingerprint density at radius 2 is 2.62 bits per heavy atom. The first-order valence-corrected chi connectivity index (χ1v) is 2.25. The number of hydrogen-bond acceptors (Lipinski definition) is 2. The fraction of sp³-hybridized carbons (Fsp3) is 0.500. The van der Waals surface area contributed by atoms with Crippen LogP contribution in [-0.2, 0) is 18.8 Å². The van der Waals surface area contributed by atoms with Gasteiger partial charge >= 0.3 is 0 Å². The second-order valence-electron chi connectivity index (χ2n) is 1.48. The second-order valence-corrected chi connectivity index (χ2v) is 1.48. The van der Waals surface area contributed by atoms with Crippen LogP contribution in [0.3, 0.4) is 0 Å². The Kier molecular flexibility index (Phi) is 1.26. The van der Waals surface area contributed by atoms with Gasteiger partial charge in [-0.25, -0.2) is 10.1 Å². The summed E-state index contributed by atoms with van der Waals surface area (Å²) < 4.78 is 1.51. The van der Waals surface area contributed by atoms with Crippen molar-refractivity contribution < 1.29 is 5.11 Å². The summed E-state index contributed by atoms with van der Waals surface area (Å²) in [6, 6.07) is 0. The van der Waals surface area contributed by atoms with Gasteiger partial charge in [0.25, 0.3) is 0 Å². The summed E-state index contributed by atoms with van der Waals surface area (Å²) in [4.78, 5) is 3.67. The molecule has 0 bridgehead atoms. The summed E-state index contributed by atoms with van der Waals surface area (Å²) in [5.74, 6) is 0.354. The lowest BCUT2D eigenvalue weighted by molar-refractivity contribution is 0.169. The minimum absolute atomic E-state index is 0.332. The zero-order chi connectivity index (χ0) is 5.98. The van der Waals surface area contributed by atoms with Crippen molar-refractivity contribution in [3.8, 4) is 0 Å². The first-order chi connectivity index (χ1) is 3.83. The molecule has 43 valence electrons. The molecule has 0 amide bonds. The molecule has 1 aromatic rings. The number of rotatable bonds is 1. The van der Waals surface area contributed by atoms with Crippen LogP contribution in [0.25, 0.3) is 0 Å². The molecule has 0 aliphatic rings.